The molecule has 1 rings (SSSR count). The van der Waals surface area contributed by atoms with Crippen LogP contribution in [0.25, 0.3) is 0 Å². The largest absolute Gasteiger partial charge is 0.436 e. The Balaban J connectivity index is 2.47. The number of hydrogen-bond acceptors (Lipinski definition) is 3. The van der Waals surface area contributed by atoms with Crippen molar-refractivity contribution in [1.29, 1.82) is 0 Å². The molecule has 1 N–H and O–H groups in total. The van der Waals surface area contributed by atoms with Crippen LogP contribution in [0.15, 0.2) is 0 Å². The number of aliphatic hydroxyl groups excluding tert-OH is 1. The van der Waals surface area contributed by atoms with Crippen LogP contribution in [-0.2, 0) is 9.53 Å². The van der Waals surface area contributed by atoms with Crippen molar-refractivity contribution in [1.82, 2.24) is 0 Å². The first kappa shape index (κ1) is 10.5. The maximum atomic E-state index is 11.2. The predicted molar refractivity (Wildman–Crippen MR) is 48.8 cm³/mol. The summed E-state index contributed by atoms with van der Waals surface area (Å²) >= 11 is 0. The van der Waals surface area contributed by atoms with E-state index in [0.29, 0.717) is 18.3 Å². The number of cyclic esters (lactones) is 1. The van der Waals surface area contributed by atoms with Crippen molar-refractivity contribution in [2.24, 2.45) is 17.8 Å². The molecule has 1 aliphatic rings. The lowest BCUT2D eigenvalue weighted by Gasteiger charge is -2.17. The predicted octanol–water partition coefficient (Wildman–Crippen LogP) is 1.55. The van der Waals surface area contributed by atoms with Gasteiger partial charge in [0.15, 0.2) is 0 Å². The summed E-state index contributed by atoms with van der Waals surface area (Å²) in [6.45, 7) is 6.31. The second-order valence-electron chi connectivity index (χ2n) is 4.34. The second kappa shape index (κ2) is 4.09. The van der Waals surface area contributed by atoms with Gasteiger partial charge in [-0.05, 0) is 18.3 Å². The van der Waals surface area contributed by atoms with Gasteiger partial charge in [-0.3, -0.25) is 4.79 Å². The quantitative estimate of drug-likeness (QED) is 0.680. The molecule has 13 heavy (non-hydrogen) atoms. The Kier molecular flexibility index (Phi) is 3.31. The molecule has 76 valence electrons. The van der Waals surface area contributed by atoms with E-state index < -0.39 is 6.29 Å². The molecule has 0 radical (unpaired) electrons. The molecule has 1 aliphatic heterocycles. The average Bonchev–Trinajstić information content (AvgIpc) is 2.28. The van der Waals surface area contributed by atoms with E-state index in [1.807, 2.05) is 6.92 Å². The van der Waals surface area contributed by atoms with Gasteiger partial charge >= 0.3 is 5.97 Å². The number of ether oxygens (including phenoxy) is 1. The summed E-state index contributed by atoms with van der Waals surface area (Å²) in [5, 5.41) is 9.11. The molecule has 1 fully saturated rings. The van der Waals surface area contributed by atoms with Crippen molar-refractivity contribution in [2.45, 2.75) is 39.9 Å². The number of esters is 1. The van der Waals surface area contributed by atoms with Crippen LogP contribution in [-0.4, -0.2) is 17.4 Å². The van der Waals surface area contributed by atoms with Crippen LogP contribution < -0.4 is 0 Å². The fraction of sp³-hybridized carbons (Fsp3) is 0.900. The van der Waals surface area contributed by atoms with Gasteiger partial charge in [-0.1, -0.05) is 20.8 Å². The normalized spacial score (nSPS) is 30.7. The molecular weight excluding hydrogens is 168 g/mol. The minimum absolute atomic E-state index is 0.0996. The molecule has 0 aromatic carbocycles. The topological polar surface area (TPSA) is 46.5 Å². The summed E-state index contributed by atoms with van der Waals surface area (Å²) in [6, 6.07) is 0. The molecule has 0 aromatic rings. The van der Waals surface area contributed by atoms with Gasteiger partial charge in [0.05, 0.1) is 5.92 Å². The van der Waals surface area contributed by atoms with Crippen LogP contribution in [0.2, 0.25) is 0 Å². The lowest BCUT2D eigenvalue weighted by molar-refractivity contribution is -0.156. The van der Waals surface area contributed by atoms with Crippen LogP contribution in [0.1, 0.15) is 33.6 Å². The van der Waals surface area contributed by atoms with Crippen molar-refractivity contribution >= 4 is 5.97 Å². The van der Waals surface area contributed by atoms with E-state index in [1.165, 1.54) is 0 Å². The zero-order valence-corrected chi connectivity index (χ0v) is 8.49. The molecule has 3 heteroatoms. The van der Waals surface area contributed by atoms with Gasteiger partial charge in [-0.15, -0.1) is 0 Å². The fourth-order valence-electron chi connectivity index (χ4n) is 1.96. The third-order valence-electron chi connectivity index (χ3n) is 2.54. The third-order valence-corrected chi connectivity index (χ3v) is 2.54. The molecule has 3 atom stereocenters. The molecule has 3 unspecified atom stereocenters. The van der Waals surface area contributed by atoms with E-state index in [-0.39, 0.29) is 11.9 Å². The van der Waals surface area contributed by atoms with Gasteiger partial charge in [-0.25, -0.2) is 0 Å². The van der Waals surface area contributed by atoms with E-state index in [2.05, 4.69) is 13.8 Å². The highest BCUT2D eigenvalue weighted by molar-refractivity contribution is 5.74. The van der Waals surface area contributed by atoms with E-state index in [4.69, 9.17) is 9.84 Å². The van der Waals surface area contributed by atoms with E-state index in [9.17, 15) is 4.79 Å². The van der Waals surface area contributed by atoms with E-state index in [1.54, 1.807) is 0 Å². The summed E-state index contributed by atoms with van der Waals surface area (Å²) in [5.74, 6) is 0.559. The lowest BCUT2D eigenvalue weighted by Crippen LogP contribution is -2.18. The van der Waals surface area contributed by atoms with Gasteiger partial charge in [0.1, 0.15) is 0 Å². The fourth-order valence-corrected chi connectivity index (χ4v) is 1.96. The minimum atomic E-state index is -0.868. The summed E-state index contributed by atoms with van der Waals surface area (Å²) in [4.78, 5) is 11.2. The molecule has 3 nitrogen and oxygen atoms in total. The highest BCUT2D eigenvalue weighted by atomic mass is 16.6. The SMILES string of the molecule is CC(C)CC(C)C1CC(O)OC1=O. The Bertz CT molecular complexity index is 189. The van der Waals surface area contributed by atoms with E-state index in [0.717, 1.165) is 6.42 Å². The van der Waals surface area contributed by atoms with Crippen molar-refractivity contribution < 1.29 is 14.6 Å². The van der Waals surface area contributed by atoms with Gasteiger partial charge in [0.2, 0.25) is 6.29 Å². The summed E-state index contributed by atoms with van der Waals surface area (Å²) < 4.78 is 4.69. The molecule has 0 amide bonds. The van der Waals surface area contributed by atoms with Gasteiger partial charge in [-0.2, -0.15) is 0 Å². The summed E-state index contributed by atoms with van der Waals surface area (Å²) in [6.07, 6.45) is 0.603. The van der Waals surface area contributed by atoms with Crippen molar-refractivity contribution in [3.05, 3.63) is 0 Å². The maximum absolute atomic E-state index is 11.2. The average molecular weight is 186 g/mol. The van der Waals surface area contributed by atoms with Crippen molar-refractivity contribution in [3.8, 4) is 0 Å². The lowest BCUT2D eigenvalue weighted by atomic mass is 9.86. The van der Waals surface area contributed by atoms with Crippen LogP contribution in [0, 0.1) is 17.8 Å². The first-order valence-corrected chi connectivity index (χ1v) is 4.89. The van der Waals surface area contributed by atoms with Gasteiger partial charge in [0.25, 0.3) is 0 Å². The molecule has 1 heterocycles. The highest BCUT2D eigenvalue weighted by Crippen LogP contribution is 2.30. The smallest absolute Gasteiger partial charge is 0.311 e. The van der Waals surface area contributed by atoms with Crippen LogP contribution in [0.5, 0.6) is 0 Å². The molecular formula is C10H18O3. The van der Waals surface area contributed by atoms with Crippen LogP contribution in [0.4, 0.5) is 0 Å². The minimum Gasteiger partial charge on any atom is -0.436 e. The number of rotatable bonds is 3. The highest BCUT2D eigenvalue weighted by Gasteiger charge is 2.36. The molecule has 0 bridgehead atoms. The number of carbonyl (C=O) groups excluding carboxylic acids is 1. The van der Waals surface area contributed by atoms with Gasteiger partial charge in [0, 0.05) is 6.42 Å². The second-order valence-corrected chi connectivity index (χ2v) is 4.34. The Morgan fingerprint density at radius 2 is 2.15 bits per heavy atom. The standard InChI is InChI=1S/C10H18O3/c1-6(2)4-7(3)8-5-9(11)13-10(8)12/h6-9,11H,4-5H2,1-3H3. The molecule has 0 spiro atoms. The Morgan fingerprint density at radius 1 is 1.54 bits per heavy atom. The number of carbonyl (C=O) groups is 1. The van der Waals surface area contributed by atoms with Crippen LogP contribution >= 0.6 is 0 Å². The molecule has 0 aliphatic carbocycles. The Morgan fingerprint density at radius 3 is 2.54 bits per heavy atom. The zero-order chi connectivity index (χ0) is 10.0. The Labute approximate surface area is 79.1 Å². The molecule has 1 saturated heterocycles. The molecule has 0 saturated carbocycles. The number of hydrogen-bond donors (Lipinski definition) is 1. The van der Waals surface area contributed by atoms with E-state index >= 15 is 0 Å². The molecule has 0 aromatic heterocycles. The Hall–Kier alpha value is -0.570. The summed E-state index contributed by atoms with van der Waals surface area (Å²) in [7, 11) is 0. The number of aliphatic hydroxyl groups is 1. The summed E-state index contributed by atoms with van der Waals surface area (Å²) in [5.41, 5.74) is 0. The maximum Gasteiger partial charge on any atom is 0.311 e. The van der Waals surface area contributed by atoms with Crippen molar-refractivity contribution in [2.75, 3.05) is 0 Å². The first-order chi connectivity index (χ1) is 6.00. The van der Waals surface area contributed by atoms with Gasteiger partial charge < -0.3 is 9.84 Å². The third kappa shape index (κ3) is 2.69. The van der Waals surface area contributed by atoms with Crippen LogP contribution in [0.3, 0.4) is 0 Å². The first-order valence-electron chi connectivity index (χ1n) is 4.89. The zero-order valence-electron chi connectivity index (χ0n) is 8.49. The monoisotopic (exact) mass is 186 g/mol. The van der Waals surface area contributed by atoms with Crippen molar-refractivity contribution in [3.63, 3.8) is 0 Å².